The van der Waals surface area contributed by atoms with Crippen LogP contribution in [0.3, 0.4) is 0 Å². The Labute approximate surface area is 505 Å². The van der Waals surface area contributed by atoms with E-state index in [-0.39, 0.29) is 81.1 Å². The van der Waals surface area contributed by atoms with E-state index in [1.807, 2.05) is 12.2 Å². The van der Waals surface area contributed by atoms with Crippen LogP contribution in [-0.2, 0) is 66.5 Å². The topological polar surface area (TPSA) is 302 Å². The first-order valence-electron chi connectivity index (χ1n) is 30.3. The number of fused-ring (bicyclic) bond motifs is 8. The molecule has 21 nitrogen and oxygen atoms in total. The third-order valence-corrected chi connectivity index (χ3v) is 18.4. The first kappa shape index (κ1) is 69.0. The summed E-state index contributed by atoms with van der Waals surface area (Å²) in [6, 6.07) is 0. The zero-order valence-corrected chi connectivity index (χ0v) is 51.5. The fraction of sp³-hybridized carbons (Fsp3) is 0.778. The number of allylic oxidation sites excluding steroid dienone is 3. The molecule has 7 rings (SSSR count). The Hall–Kier alpha value is -3.49. The minimum absolute atomic E-state index is 0.00321. The van der Waals surface area contributed by atoms with E-state index in [0.29, 0.717) is 43.3 Å². The molecule has 480 valence electrons. The number of hydrogen-bond acceptors (Lipinski definition) is 21. The summed E-state index contributed by atoms with van der Waals surface area (Å²) in [6.07, 6.45) is -8.69. The van der Waals surface area contributed by atoms with Crippen LogP contribution in [0.25, 0.3) is 0 Å². The highest BCUT2D eigenvalue weighted by Crippen LogP contribution is 2.48. The second-order valence-corrected chi connectivity index (χ2v) is 26.4. The number of aliphatic hydroxyl groups is 7. The van der Waals surface area contributed by atoms with E-state index in [1.54, 1.807) is 41.7 Å². The van der Waals surface area contributed by atoms with E-state index in [1.165, 1.54) is 26.0 Å². The number of ketones is 1. The molecule has 0 aromatic heterocycles. The number of methoxy groups -OCH3 is 1. The number of ether oxygens (including phenoxy) is 10. The predicted octanol–water partition coefficient (Wildman–Crippen LogP) is 5.91. The van der Waals surface area contributed by atoms with Crippen LogP contribution in [0.1, 0.15) is 158 Å². The summed E-state index contributed by atoms with van der Waals surface area (Å²) < 4.78 is 63.4. The number of carbonyl (C=O) groups is 4. The summed E-state index contributed by atoms with van der Waals surface area (Å²) >= 11 is 5.89. The molecule has 0 aromatic rings. The summed E-state index contributed by atoms with van der Waals surface area (Å²) in [5.74, 6) is -10.7. The van der Waals surface area contributed by atoms with E-state index in [0.717, 1.165) is 0 Å². The standard InChI is InChI=1S/C63H95ClO21/c1-33(19-42(67)18-17-35(3)64)20-53-55(72)57-39(7)58(79-53)59(73)63(75)31-51(70)37(5)52(85-63)16-14-12-13-15-44-22-43(68)27-61(81-44)29-47(76-11)23-45(82-61)25-50(69)38(6)56(78-41(9)66)36(4)34(2)21-49-28-60(10,74)32-62(84-49)30-48(77-40(8)65)24-46(83-62)26-54(71)80-57/h13,15,17-18,36-39,42-49,51-53,55-59,67-68,70,72-75H,1-3,12,14,16,19-32H2,4-11H3/b15-13-,18-17+/t36-,37-,38-,39-,42-,43+,44+,45+,46-,47+,48+,49+,51+,52-,53-,55-,56+,57-,58-,59-,60-,61-,62-,63+/m1/s1. The molecular weight excluding hydrogens is 1130 g/mol. The molecule has 10 bridgehead atoms. The maximum Gasteiger partial charge on any atom is 0.308 e. The largest absolute Gasteiger partial charge is 0.462 e. The number of halogens is 1. The van der Waals surface area contributed by atoms with Gasteiger partial charge in [0, 0.05) is 108 Å². The highest BCUT2D eigenvalue weighted by Gasteiger charge is 2.58. The molecule has 0 radical (unpaired) electrons. The predicted molar refractivity (Wildman–Crippen MR) is 308 cm³/mol. The lowest BCUT2D eigenvalue weighted by atomic mass is 9.78. The van der Waals surface area contributed by atoms with Gasteiger partial charge in [0.1, 0.15) is 36.3 Å². The molecule has 85 heavy (non-hydrogen) atoms. The summed E-state index contributed by atoms with van der Waals surface area (Å²) in [5.41, 5.74) is -0.508. The molecule has 7 aliphatic rings. The lowest BCUT2D eigenvalue weighted by molar-refractivity contribution is -0.351. The van der Waals surface area contributed by atoms with Gasteiger partial charge in [0.05, 0.1) is 85.1 Å². The number of aliphatic hydroxyl groups excluding tert-OH is 5. The zero-order valence-electron chi connectivity index (χ0n) is 50.7. The van der Waals surface area contributed by atoms with Crippen LogP contribution >= 0.6 is 11.6 Å². The van der Waals surface area contributed by atoms with Gasteiger partial charge in [-0.1, -0.05) is 88.4 Å². The Morgan fingerprint density at radius 3 is 2.15 bits per heavy atom. The lowest BCUT2D eigenvalue weighted by Gasteiger charge is -2.52. The van der Waals surface area contributed by atoms with E-state index in [2.05, 4.69) is 19.7 Å². The number of carbonyl (C=O) groups excluding carboxylic acids is 4. The van der Waals surface area contributed by atoms with Crippen LogP contribution in [0.5, 0.6) is 0 Å². The molecule has 7 aliphatic heterocycles. The number of hydrogen-bond donors (Lipinski definition) is 7. The van der Waals surface area contributed by atoms with Crippen molar-refractivity contribution in [3.63, 3.8) is 0 Å². The molecule has 0 aliphatic carbocycles. The summed E-state index contributed by atoms with van der Waals surface area (Å²) in [5, 5.41) is 82.6. The average molecular weight is 1220 g/mol. The van der Waals surface area contributed by atoms with Crippen molar-refractivity contribution in [3.8, 4) is 0 Å². The van der Waals surface area contributed by atoms with Gasteiger partial charge in [0.2, 0.25) is 0 Å². The first-order valence-corrected chi connectivity index (χ1v) is 30.7. The highest BCUT2D eigenvalue weighted by atomic mass is 35.5. The molecule has 6 saturated heterocycles. The van der Waals surface area contributed by atoms with Gasteiger partial charge < -0.3 is 83.1 Å². The molecule has 24 atom stereocenters. The van der Waals surface area contributed by atoms with Gasteiger partial charge >= 0.3 is 17.9 Å². The van der Waals surface area contributed by atoms with Crippen molar-refractivity contribution < 1.29 is 102 Å². The van der Waals surface area contributed by atoms with Gasteiger partial charge in [-0.15, -0.1) is 0 Å². The molecule has 7 heterocycles. The van der Waals surface area contributed by atoms with Crippen LogP contribution in [0, 0.1) is 23.7 Å². The summed E-state index contributed by atoms with van der Waals surface area (Å²) in [7, 11) is 1.57. The van der Waals surface area contributed by atoms with Gasteiger partial charge in [-0.05, 0) is 51.5 Å². The molecular formula is C63H95ClO21. The van der Waals surface area contributed by atoms with Crippen molar-refractivity contribution in [3.05, 3.63) is 60.2 Å². The number of esters is 3. The average Bonchev–Trinajstić information content (AvgIpc) is 1.35. The molecule has 22 heteroatoms. The maximum absolute atomic E-state index is 14.5. The van der Waals surface area contributed by atoms with Crippen LogP contribution in [0.4, 0.5) is 0 Å². The van der Waals surface area contributed by atoms with Crippen molar-refractivity contribution in [2.45, 2.75) is 278 Å². The first-order chi connectivity index (χ1) is 39.8. The second kappa shape index (κ2) is 29.0. The van der Waals surface area contributed by atoms with E-state index in [9.17, 15) is 54.9 Å². The fourth-order valence-corrected chi connectivity index (χ4v) is 14.2. The number of Topliss-reactive ketones (excluding diaryl/α,β-unsaturated/α-hetero) is 1. The quantitative estimate of drug-likeness (QED) is 0.0611. The monoisotopic (exact) mass is 1220 g/mol. The van der Waals surface area contributed by atoms with Crippen molar-refractivity contribution >= 4 is 35.3 Å². The van der Waals surface area contributed by atoms with Gasteiger partial charge in [-0.25, -0.2) is 0 Å². The summed E-state index contributed by atoms with van der Waals surface area (Å²) in [6.45, 7) is 23.1. The second-order valence-electron chi connectivity index (χ2n) is 25.9. The van der Waals surface area contributed by atoms with Crippen LogP contribution in [0.15, 0.2) is 60.2 Å². The maximum atomic E-state index is 14.5. The highest BCUT2D eigenvalue weighted by molar-refractivity contribution is 6.30. The van der Waals surface area contributed by atoms with Gasteiger partial charge in [-0.2, -0.15) is 0 Å². The Morgan fingerprint density at radius 1 is 0.812 bits per heavy atom. The van der Waals surface area contributed by atoms with Crippen LogP contribution in [-0.4, -0.2) is 187 Å². The van der Waals surface area contributed by atoms with Crippen molar-refractivity contribution in [2.24, 2.45) is 23.7 Å². The molecule has 0 unspecified atom stereocenters. The van der Waals surface area contributed by atoms with Gasteiger partial charge in [-0.3, -0.25) is 19.2 Å². The third kappa shape index (κ3) is 18.1. The Bertz CT molecular complexity index is 2430. The third-order valence-electron chi connectivity index (χ3n) is 18.3. The zero-order chi connectivity index (χ0) is 62.5. The normalized spacial score (nSPS) is 44.5. The van der Waals surface area contributed by atoms with Gasteiger partial charge in [0.15, 0.2) is 17.4 Å². The van der Waals surface area contributed by atoms with E-state index < -0.39 is 169 Å². The van der Waals surface area contributed by atoms with Crippen molar-refractivity contribution in [1.29, 1.82) is 0 Å². The van der Waals surface area contributed by atoms with Crippen LogP contribution in [0.2, 0.25) is 0 Å². The Morgan fingerprint density at radius 2 is 1.47 bits per heavy atom. The summed E-state index contributed by atoms with van der Waals surface area (Å²) in [4.78, 5) is 54.3. The molecule has 0 aromatic carbocycles. The molecule has 6 fully saturated rings. The minimum Gasteiger partial charge on any atom is -0.462 e. The molecule has 0 amide bonds. The van der Waals surface area contributed by atoms with E-state index in [4.69, 9.17) is 59.0 Å². The SMILES string of the molecule is C=C(Cl)/C=C/[C@@H](O)CC(=C)C[C@H]1O[C@@H]2[C@H](C)[C@@H](OC(=O)C[C@H]3C[C@H](OC(C)=O)C[C@@]4(C[C@](C)(O)C[C@H](CC(=C)[C@@H](C)[C@H](OC(C)=O)[C@H](C)C(=O)C[C@@H]5C[C@H](OC)C[C@@]6(C[C@@H](O)C[C@H](/C=C\CCC[C@H]7O[C@@](O)(C[C@H](O)[C@H]7C)[C@@H]2O)O6)O5)O4)O3)[C@@H]1O. The van der Waals surface area contributed by atoms with Crippen LogP contribution < -0.4 is 0 Å². The molecule has 2 spiro atoms. The number of rotatable bonds is 9. The molecule has 7 N–H and O–H groups in total. The van der Waals surface area contributed by atoms with Gasteiger partial charge in [0.25, 0.3) is 0 Å². The van der Waals surface area contributed by atoms with Crippen molar-refractivity contribution in [1.82, 2.24) is 0 Å². The smallest absolute Gasteiger partial charge is 0.308 e. The lowest BCUT2D eigenvalue weighted by Crippen LogP contribution is -2.65. The van der Waals surface area contributed by atoms with E-state index >= 15 is 0 Å². The fourth-order valence-electron chi connectivity index (χ4n) is 14.1. The Kier molecular flexibility index (Phi) is 23.5. The Balaban J connectivity index is 1.22. The molecule has 0 saturated carbocycles. The minimum atomic E-state index is -2.40. The van der Waals surface area contributed by atoms with Crippen molar-refractivity contribution in [2.75, 3.05) is 7.11 Å².